The molecule has 0 bridgehead atoms. The summed E-state index contributed by atoms with van der Waals surface area (Å²) in [5.74, 6) is 1.37. The van der Waals surface area contributed by atoms with Crippen molar-refractivity contribution in [3.63, 3.8) is 0 Å². The number of ether oxygens (including phenoxy) is 1. The molecule has 2 atom stereocenters. The second-order valence-corrected chi connectivity index (χ2v) is 6.76. The zero-order valence-corrected chi connectivity index (χ0v) is 12.9. The molecule has 2 unspecified atom stereocenters. The van der Waals surface area contributed by atoms with Gasteiger partial charge in [-0.3, -0.25) is 4.90 Å². The van der Waals surface area contributed by atoms with Crippen LogP contribution < -0.4 is 5.73 Å². The number of nitrogens with two attached hydrogens (primary N) is 1. The summed E-state index contributed by atoms with van der Waals surface area (Å²) in [6.45, 7) is 15.2. The minimum atomic E-state index is 0.159. The Morgan fingerprint density at radius 1 is 1.22 bits per heavy atom. The van der Waals surface area contributed by atoms with Crippen molar-refractivity contribution in [3.05, 3.63) is 0 Å². The molecule has 1 aliphatic rings. The summed E-state index contributed by atoms with van der Waals surface area (Å²) in [4.78, 5) is 2.64. The molecule has 0 saturated carbocycles. The van der Waals surface area contributed by atoms with Gasteiger partial charge >= 0.3 is 0 Å². The van der Waals surface area contributed by atoms with Crippen molar-refractivity contribution in [2.45, 2.75) is 59.1 Å². The summed E-state index contributed by atoms with van der Waals surface area (Å²) in [6.07, 6.45) is 2.49. The van der Waals surface area contributed by atoms with E-state index in [4.69, 9.17) is 10.5 Å². The molecule has 0 spiro atoms. The van der Waals surface area contributed by atoms with Gasteiger partial charge in [-0.25, -0.2) is 0 Å². The maximum absolute atomic E-state index is 6.16. The fourth-order valence-electron chi connectivity index (χ4n) is 3.09. The van der Waals surface area contributed by atoms with Crippen molar-refractivity contribution in [1.82, 2.24) is 4.90 Å². The lowest BCUT2D eigenvalue weighted by Gasteiger charge is -2.49. The van der Waals surface area contributed by atoms with Crippen LogP contribution in [0.1, 0.15) is 47.5 Å². The molecule has 108 valence electrons. The van der Waals surface area contributed by atoms with Gasteiger partial charge in [-0.15, -0.1) is 0 Å². The molecular weight excluding hydrogens is 224 g/mol. The van der Waals surface area contributed by atoms with E-state index in [0.29, 0.717) is 17.9 Å². The maximum atomic E-state index is 6.16. The molecule has 0 aliphatic carbocycles. The van der Waals surface area contributed by atoms with Crippen LogP contribution in [-0.2, 0) is 4.74 Å². The van der Waals surface area contributed by atoms with Crippen LogP contribution in [0.25, 0.3) is 0 Å². The van der Waals surface area contributed by atoms with E-state index >= 15 is 0 Å². The minimum Gasteiger partial charge on any atom is -0.378 e. The molecule has 0 aromatic heterocycles. The van der Waals surface area contributed by atoms with Crippen molar-refractivity contribution in [2.75, 3.05) is 26.2 Å². The monoisotopic (exact) mass is 256 g/mol. The molecule has 1 rings (SSSR count). The van der Waals surface area contributed by atoms with Crippen LogP contribution in [0.4, 0.5) is 0 Å². The third-order valence-corrected chi connectivity index (χ3v) is 3.86. The van der Waals surface area contributed by atoms with Crippen molar-refractivity contribution < 1.29 is 4.74 Å². The summed E-state index contributed by atoms with van der Waals surface area (Å²) in [6, 6.07) is 0. The van der Waals surface area contributed by atoms with Gasteiger partial charge in [0.2, 0.25) is 0 Å². The first-order chi connectivity index (χ1) is 8.39. The average molecular weight is 256 g/mol. The molecule has 18 heavy (non-hydrogen) atoms. The number of nitrogens with zero attached hydrogens (tertiary/aromatic N) is 1. The minimum absolute atomic E-state index is 0.159. The predicted molar refractivity (Wildman–Crippen MR) is 77.7 cm³/mol. The molecule has 0 radical (unpaired) electrons. The molecule has 3 nitrogen and oxygen atoms in total. The molecule has 1 aliphatic heterocycles. The Morgan fingerprint density at radius 2 is 1.78 bits per heavy atom. The highest BCUT2D eigenvalue weighted by Crippen LogP contribution is 2.31. The van der Waals surface area contributed by atoms with E-state index in [-0.39, 0.29) is 5.54 Å². The lowest BCUT2D eigenvalue weighted by atomic mass is 9.84. The molecule has 0 amide bonds. The Hall–Kier alpha value is -0.120. The lowest BCUT2D eigenvalue weighted by molar-refractivity contribution is -0.0698. The largest absolute Gasteiger partial charge is 0.378 e. The maximum Gasteiger partial charge on any atom is 0.0565 e. The van der Waals surface area contributed by atoms with Gasteiger partial charge < -0.3 is 10.5 Å². The zero-order chi connectivity index (χ0) is 13.8. The number of hydrogen-bond donors (Lipinski definition) is 1. The van der Waals surface area contributed by atoms with Gasteiger partial charge in [-0.1, -0.05) is 27.7 Å². The van der Waals surface area contributed by atoms with Crippen LogP contribution in [0, 0.1) is 11.8 Å². The van der Waals surface area contributed by atoms with Crippen LogP contribution in [0.3, 0.4) is 0 Å². The Morgan fingerprint density at radius 3 is 2.17 bits per heavy atom. The quantitative estimate of drug-likeness (QED) is 0.793. The number of hydrogen-bond acceptors (Lipinski definition) is 3. The summed E-state index contributed by atoms with van der Waals surface area (Å²) >= 11 is 0. The highest BCUT2D eigenvalue weighted by atomic mass is 16.5. The fraction of sp³-hybridized carbons (Fsp3) is 1.00. The molecule has 1 saturated heterocycles. The Labute approximate surface area is 113 Å². The summed E-state index contributed by atoms with van der Waals surface area (Å²) in [5.41, 5.74) is 6.31. The van der Waals surface area contributed by atoms with Crippen LogP contribution in [0.5, 0.6) is 0 Å². The lowest BCUT2D eigenvalue weighted by Crippen LogP contribution is -2.59. The van der Waals surface area contributed by atoms with Crippen molar-refractivity contribution in [2.24, 2.45) is 17.6 Å². The molecule has 0 aromatic carbocycles. The molecular formula is C15H32N2O. The highest BCUT2D eigenvalue weighted by molar-refractivity contribution is 4.96. The van der Waals surface area contributed by atoms with Gasteiger partial charge in [-0.05, 0) is 31.6 Å². The topological polar surface area (TPSA) is 38.5 Å². The van der Waals surface area contributed by atoms with Crippen molar-refractivity contribution in [1.29, 1.82) is 0 Å². The predicted octanol–water partition coefficient (Wildman–Crippen LogP) is 2.50. The zero-order valence-electron chi connectivity index (χ0n) is 12.9. The molecule has 2 N–H and O–H groups in total. The van der Waals surface area contributed by atoms with Crippen molar-refractivity contribution in [3.8, 4) is 0 Å². The molecule has 0 aromatic rings. The number of rotatable bonds is 6. The van der Waals surface area contributed by atoms with E-state index in [0.717, 1.165) is 39.1 Å². The molecule has 3 heteroatoms. The Bertz CT molecular complexity index is 233. The van der Waals surface area contributed by atoms with Gasteiger partial charge in [0.1, 0.15) is 0 Å². The average Bonchev–Trinajstić information content (AvgIpc) is 2.26. The van der Waals surface area contributed by atoms with Gasteiger partial charge in [0.15, 0.2) is 0 Å². The summed E-state index contributed by atoms with van der Waals surface area (Å²) < 4.78 is 5.71. The second-order valence-electron chi connectivity index (χ2n) is 6.76. The van der Waals surface area contributed by atoms with Crippen molar-refractivity contribution >= 4 is 0 Å². The first-order valence-electron chi connectivity index (χ1n) is 7.46. The van der Waals surface area contributed by atoms with Gasteiger partial charge in [0, 0.05) is 31.8 Å². The van der Waals surface area contributed by atoms with E-state index < -0.39 is 0 Å². The van der Waals surface area contributed by atoms with E-state index in [9.17, 15) is 0 Å². The second kappa shape index (κ2) is 6.88. The Kier molecular flexibility index (Phi) is 6.09. The Balaban J connectivity index is 2.83. The van der Waals surface area contributed by atoms with E-state index in [1.807, 2.05) is 0 Å². The van der Waals surface area contributed by atoms with E-state index in [2.05, 4.69) is 39.5 Å². The van der Waals surface area contributed by atoms with Gasteiger partial charge in [0.25, 0.3) is 0 Å². The van der Waals surface area contributed by atoms with Crippen LogP contribution in [0.15, 0.2) is 0 Å². The van der Waals surface area contributed by atoms with Gasteiger partial charge in [0.05, 0.1) is 6.10 Å². The fourth-order valence-corrected chi connectivity index (χ4v) is 3.09. The summed E-state index contributed by atoms with van der Waals surface area (Å²) in [7, 11) is 0. The summed E-state index contributed by atoms with van der Waals surface area (Å²) in [5, 5.41) is 0. The third-order valence-electron chi connectivity index (χ3n) is 3.86. The van der Waals surface area contributed by atoms with E-state index in [1.165, 1.54) is 0 Å². The normalized spacial score (nSPS) is 29.5. The first-order valence-corrected chi connectivity index (χ1v) is 7.46. The smallest absolute Gasteiger partial charge is 0.0565 e. The van der Waals surface area contributed by atoms with Crippen LogP contribution >= 0.6 is 0 Å². The van der Waals surface area contributed by atoms with Crippen LogP contribution in [0.2, 0.25) is 0 Å². The molecule has 1 fully saturated rings. The third kappa shape index (κ3) is 4.22. The van der Waals surface area contributed by atoms with Gasteiger partial charge in [-0.2, -0.15) is 0 Å². The molecule has 1 heterocycles. The SMILES string of the molecule is CC(C)CN(CC(C)C)C1(CN)CCOC(C)C1. The standard InChI is InChI=1S/C15H32N2O/c1-12(2)9-17(10-13(3)4)15(11-16)6-7-18-14(5)8-15/h12-14H,6-11,16H2,1-5H3. The first kappa shape index (κ1) is 15.9. The van der Waals surface area contributed by atoms with E-state index in [1.54, 1.807) is 0 Å². The highest BCUT2D eigenvalue weighted by Gasteiger charge is 2.39. The van der Waals surface area contributed by atoms with Crippen LogP contribution in [-0.4, -0.2) is 42.8 Å².